The summed E-state index contributed by atoms with van der Waals surface area (Å²) < 4.78 is 5.24. The highest BCUT2D eigenvalue weighted by molar-refractivity contribution is 5.95. The van der Waals surface area contributed by atoms with E-state index in [9.17, 15) is 4.79 Å². The topological polar surface area (TPSA) is 39.2 Å². The molecule has 0 radical (unpaired) electrons. The maximum absolute atomic E-state index is 11.2. The smallest absolute Gasteiger partial charge is 0.194 e. The lowest BCUT2D eigenvalue weighted by Crippen LogP contribution is -2.01. The number of nitrogens with zero attached hydrogens (tertiary/aromatic N) is 1. The summed E-state index contributed by atoms with van der Waals surface area (Å²) in [5.74, 6) is 0.328. The molecule has 1 rings (SSSR count). The van der Waals surface area contributed by atoms with Crippen LogP contribution < -0.4 is 0 Å². The Morgan fingerprint density at radius 1 is 1.60 bits per heavy atom. The SMILES string of the molecule is CCOC(=Cc1ccnc(C)c1)C(C)=O. The van der Waals surface area contributed by atoms with Crippen LogP contribution in [0.3, 0.4) is 0 Å². The van der Waals surface area contributed by atoms with Gasteiger partial charge in [0.25, 0.3) is 0 Å². The molecule has 0 aliphatic heterocycles. The Labute approximate surface area is 89.8 Å². The molecule has 0 bridgehead atoms. The van der Waals surface area contributed by atoms with Crippen LogP contribution in [0.1, 0.15) is 25.1 Å². The van der Waals surface area contributed by atoms with E-state index in [0.29, 0.717) is 12.4 Å². The first-order valence-corrected chi connectivity index (χ1v) is 4.91. The molecule has 0 amide bonds. The zero-order chi connectivity index (χ0) is 11.3. The molecule has 15 heavy (non-hydrogen) atoms. The molecule has 0 saturated carbocycles. The minimum Gasteiger partial charge on any atom is -0.490 e. The number of rotatable bonds is 4. The Balaban J connectivity index is 2.96. The second kappa shape index (κ2) is 5.29. The molecule has 0 aliphatic rings. The number of ketones is 1. The summed E-state index contributed by atoms with van der Waals surface area (Å²) in [5.41, 5.74) is 1.85. The van der Waals surface area contributed by atoms with E-state index >= 15 is 0 Å². The molecule has 1 aromatic heterocycles. The zero-order valence-corrected chi connectivity index (χ0v) is 9.28. The van der Waals surface area contributed by atoms with Crippen molar-refractivity contribution in [2.75, 3.05) is 6.61 Å². The molecular weight excluding hydrogens is 190 g/mol. The van der Waals surface area contributed by atoms with Crippen LogP contribution in [0.25, 0.3) is 6.08 Å². The van der Waals surface area contributed by atoms with E-state index in [1.807, 2.05) is 26.0 Å². The lowest BCUT2D eigenvalue weighted by atomic mass is 10.2. The van der Waals surface area contributed by atoms with E-state index in [0.717, 1.165) is 11.3 Å². The molecule has 3 nitrogen and oxygen atoms in total. The summed E-state index contributed by atoms with van der Waals surface area (Å²) in [6.07, 6.45) is 3.45. The van der Waals surface area contributed by atoms with Crippen molar-refractivity contribution in [1.29, 1.82) is 0 Å². The van der Waals surface area contributed by atoms with Crippen molar-refractivity contribution in [1.82, 2.24) is 4.98 Å². The maximum Gasteiger partial charge on any atom is 0.194 e. The van der Waals surface area contributed by atoms with Gasteiger partial charge in [0.15, 0.2) is 11.5 Å². The lowest BCUT2D eigenvalue weighted by molar-refractivity contribution is -0.116. The van der Waals surface area contributed by atoms with Crippen molar-refractivity contribution in [3.63, 3.8) is 0 Å². The molecule has 0 fully saturated rings. The van der Waals surface area contributed by atoms with Crippen LogP contribution in [0.2, 0.25) is 0 Å². The maximum atomic E-state index is 11.2. The number of hydrogen-bond donors (Lipinski definition) is 0. The van der Waals surface area contributed by atoms with Gasteiger partial charge in [-0.3, -0.25) is 9.78 Å². The normalized spacial score (nSPS) is 11.3. The van der Waals surface area contributed by atoms with Gasteiger partial charge in [-0.05, 0) is 37.6 Å². The summed E-state index contributed by atoms with van der Waals surface area (Å²) in [7, 11) is 0. The number of allylic oxidation sites excluding steroid dienone is 1. The van der Waals surface area contributed by atoms with Crippen molar-refractivity contribution in [3.8, 4) is 0 Å². The van der Waals surface area contributed by atoms with Crippen LogP contribution in [0.15, 0.2) is 24.1 Å². The van der Waals surface area contributed by atoms with Crippen molar-refractivity contribution in [3.05, 3.63) is 35.3 Å². The van der Waals surface area contributed by atoms with Gasteiger partial charge in [-0.2, -0.15) is 0 Å². The van der Waals surface area contributed by atoms with E-state index in [1.165, 1.54) is 6.92 Å². The fourth-order valence-corrected chi connectivity index (χ4v) is 1.21. The molecule has 0 atom stereocenters. The summed E-state index contributed by atoms with van der Waals surface area (Å²) in [4.78, 5) is 15.3. The fraction of sp³-hybridized carbons (Fsp3) is 0.333. The van der Waals surface area contributed by atoms with Gasteiger partial charge in [0.2, 0.25) is 0 Å². The highest BCUT2D eigenvalue weighted by Crippen LogP contribution is 2.09. The molecule has 1 aromatic rings. The van der Waals surface area contributed by atoms with Gasteiger partial charge >= 0.3 is 0 Å². The largest absolute Gasteiger partial charge is 0.490 e. The quantitative estimate of drug-likeness (QED) is 0.559. The van der Waals surface area contributed by atoms with Gasteiger partial charge in [0.1, 0.15) is 0 Å². The fourth-order valence-electron chi connectivity index (χ4n) is 1.21. The van der Waals surface area contributed by atoms with Crippen LogP contribution in [-0.2, 0) is 9.53 Å². The molecule has 80 valence electrons. The Kier molecular flexibility index (Phi) is 4.03. The van der Waals surface area contributed by atoms with E-state index in [1.54, 1.807) is 12.3 Å². The van der Waals surface area contributed by atoms with E-state index < -0.39 is 0 Å². The minimum atomic E-state index is -0.0636. The summed E-state index contributed by atoms with van der Waals surface area (Å²) in [6, 6.07) is 3.75. The van der Waals surface area contributed by atoms with Crippen LogP contribution in [0.4, 0.5) is 0 Å². The number of ether oxygens (including phenoxy) is 1. The first-order valence-electron chi connectivity index (χ1n) is 4.91. The number of carbonyl (C=O) groups is 1. The third-order valence-electron chi connectivity index (χ3n) is 1.87. The lowest BCUT2D eigenvalue weighted by Gasteiger charge is -2.04. The first kappa shape index (κ1) is 11.4. The number of hydrogen-bond acceptors (Lipinski definition) is 3. The van der Waals surface area contributed by atoms with Crippen LogP contribution in [0, 0.1) is 6.92 Å². The van der Waals surface area contributed by atoms with E-state index in [-0.39, 0.29) is 5.78 Å². The van der Waals surface area contributed by atoms with Crippen molar-refractivity contribution in [2.45, 2.75) is 20.8 Å². The first-order chi connectivity index (χ1) is 7.13. The molecule has 1 heterocycles. The van der Waals surface area contributed by atoms with Crippen LogP contribution in [-0.4, -0.2) is 17.4 Å². The molecule has 0 aliphatic carbocycles. The van der Waals surface area contributed by atoms with E-state index in [2.05, 4.69) is 4.98 Å². The zero-order valence-electron chi connectivity index (χ0n) is 9.28. The van der Waals surface area contributed by atoms with Gasteiger partial charge in [-0.1, -0.05) is 0 Å². The molecule has 0 N–H and O–H groups in total. The van der Waals surface area contributed by atoms with Crippen molar-refractivity contribution >= 4 is 11.9 Å². The molecule has 0 spiro atoms. The number of aryl methyl sites for hydroxylation is 1. The Morgan fingerprint density at radius 3 is 2.87 bits per heavy atom. The van der Waals surface area contributed by atoms with Gasteiger partial charge in [-0.15, -0.1) is 0 Å². The van der Waals surface area contributed by atoms with Gasteiger partial charge in [0, 0.05) is 18.8 Å². The van der Waals surface area contributed by atoms with Gasteiger partial charge in [-0.25, -0.2) is 0 Å². The predicted molar refractivity (Wildman–Crippen MR) is 59.3 cm³/mol. The molecular formula is C12H15NO2. The molecule has 3 heteroatoms. The average Bonchev–Trinajstić information content (AvgIpc) is 2.17. The van der Waals surface area contributed by atoms with Gasteiger partial charge < -0.3 is 4.74 Å². The van der Waals surface area contributed by atoms with Crippen LogP contribution >= 0.6 is 0 Å². The number of aromatic nitrogens is 1. The van der Waals surface area contributed by atoms with Crippen LogP contribution in [0.5, 0.6) is 0 Å². The number of pyridine rings is 1. The average molecular weight is 205 g/mol. The molecule has 0 unspecified atom stereocenters. The van der Waals surface area contributed by atoms with E-state index in [4.69, 9.17) is 4.74 Å². The molecule has 0 aromatic carbocycles. The molecule has 0 saturated heterocycles. The monoisotopic (exact) mass is 205 g/mol. The number of carbonyl (C=O) groups excluding carboxylic acids is 1. The Bertz CT molecular complexity index is 383. The summed E-state index contributed by atoms with van der Waals surface area (Å²) >= 11 is 0. The minimum absolute atomic E-state index is 0.0636. The summed E-state index contributed by atoms with van der Waals surface area (Å²) in [6.45, 7) is 5.76. The highest BCUT2D eigenvalue weighted by atomic mass is 16.5. The van der Waals surface area contributed by atoms with Gasteiger partial charge in [0.05, 0.1) is 6.61 Å². The Morgan fingerprint density at radius 2 is 2.33 bits per heavy atom. The standard InChI is InChI=1S/C12H15NO2/c1-4-15-12(10(3)14)8-11-5-6-13-9(2)7-11/h5-8H,4H2,1-3H3. The Hall–Kier alpha value is -1.64. The van der Waals surface area contributed by atoms with Crippen molar-refractivity contribution < 1.29 is 9.53 Å². The third kappa shape index (κ3) is 3.54. The third-order valence-corrected chi connectivity index (χ3v) is 1.87. The van der Waals surface area contributed by atoms with Crippen molar-refractivity contribution in [2.24, 2.45) is 0 Å². The highest BCUT2D eigenvalue weighted by Gasteiger charge is 2.04. The second-order valence-corrected chi connectivity index (χ2v) is 3.23. The summed E-state index contributed by atoms with van der Waals surface area (Å²) in [5, 5.41) is 0. The number of Topliss-reactive ketones (excluding diaryl/α,β-unsaturated/α-hetero) is 1. The predicted octanol–water partition coefficient (Wildman–Crippen LogP) is 2.36. The second-order valence-electron chi connectivity index (χ2n) is 3.23.